The van der Waals surface area contributed by atoms with E-state index >= 15 is 0 Å². The summed E-state index contributed by atoms with van der Waals surface area (Å²) in [6, 6.07) is 118. The number of aromatic nitrogens is 9. The second-order valence-electron chi connectivity index (χ2n) is 24.9. The maximum Gasteiger partial charge on any atom is 0.221 e. The lowest BCUT2D eigenvalue weighted by molar-refractivity contribution is 0.918. The first-order chi connectivity index (χ1) is 47.1. The van der Waals surface area contributed by atoms with Crippen LogP contribution in [0.5, 0.6) is 0 Å². The summed E-state index contributed by atoms with van der Waals surface area (Å²) in [5, 5.41) is 12.8. The highest BCUT2D eigenvalue weighted by Crippen LogP contribution is 2.37. The molecule has 0 aliphatic heterocycles. The molecule has 1 aliphatic rings. The Morgan fingerprint density at radius 2 is 0.726 bits per heavy atom. The molecule has 11 heteroatoms. The average molecular weight is 1250 g/mol. The molecular weight excluding hydrogens is 1190 g/mol. The number of imidazole rings is 4. The van der Waals surface area contributed by atoms with Gasteiger partial charge in [-0.2, -0.15) is 0 Å². The molecule has 19 rings (SSSR count). The van der Waals surface area contributed by atoms with Crippen molar-refractivity contribution in [3.63, 3.8) is 0 Å². The van der Waals surface area contributed by atoms with Crippen LogP contribution >= 0.6 is 0 Å². The van der Waals surface area contributed by atoms with Crippen LogP contribution in [0.25, 0.3) is 101 Å². The quantitative estimate of drug-likeness (QED) is 0.0902. The normalized spacial score (nSPS) is 12.7. The summed E-state index contributed by atoms with van der Waals surface area (Å²) in [5.41, 5.74) is 12.2. The van der Waals surface area contributed by atoms with Crippen LogP contribution in [0, 0.1) is 0 Å². The molecule has 0 saturated carbocycles. The predicted octanol–water partition coefficient (Wildman–Crippen LogP) is 13.3. The predicted molar refractivity (Wildman–Crippen MR) is 395 cm³/mol. The van der Waals surface area contributed by atoms with Gasteiger partial charge in [-0.15, -0.1) is 0 Å². The SMILES string of the molecule is C1=Cc2nc3n(-c4cc(-n5c6ccc([Si](c7ccccc7)(c7ccccc7)c7ccccc7)cc6n6c7ccccc7nc56)nc(-c5cccc(-n6c7ccccc7c7ccccc76)c5)n4)c4ccc([Si](c5ccccc5)(c5ccccc5)c5ccccc5)cc4n3c2CC1. The molecule has 0 radical (unpaired) electrons. The van der Waals surface area contributed by atoms with Crippen molar-refractivity contribution in [3.05, 3.63) is 339 Å². The van der Waals surface area contributed by atoms with Gasteiger partial charge in [0.05, 0.1) is 55.5 Å². The third kappa shape index (κ3) is 8.26. The molecule has 0 amide bonds. The van der Waals surface area contributed by atoms with Crippen LogP contribution in [0.15, 0.2) is 328 Å². The molecule has 0 saturated heterocycles. The van der Waals surface area contributed by atoms with E-state index in [1.807, 2.05) is 0 Å². The minimum atomic E-state index is -3.00. The van der Waals surface area contributed by atoms with Crippen LogP contribution in [-0.2, 0) is 6.42 Å². The van der Waals surface area contributed by atoms with Crippen molar-refractivity contribution < 1.29 is 0 Å². The molecule has 6 heterocycles. The second kappa shape index (κ2) is 21.8. The van der Waals surface area contributed by atoms with E-state index in [1.165, 1.54) is 58.0 Å². The Hall–Kier alpha value is -12.0. The van der Waals surface area contributed by atoms with E-state index in [1.54, 1.807) is 0 Å². The minimum Gasteiger partial charge on any atom is -0.309 e. The van der Waals surface area contributed by atoms with Crippen molar-refractivity contribution >= 4 is 130 Å². The molecule has 1 aliphatic carbocycles. The van der Waals surface area contributed by atoms with Gasteiger partial charge in [0.1, 0.15) is 11.6 Å². The van der Waals surface area contributed by atoms with Gasteiger partial charge in [-0.1, -0.05) is 261 Å². The maximum atomic E-state index is 5.82. The number of para-hydroxylation sites is 4. The molecule has 9 nitrogen and oxygen atoms in total. The molecular formula is C84H59N9Si2. The summed E-state index contributed by atoms with van der Waals surface area (Å²) in [6.07, 6.45) is 6.21. The molecule has 95 heavy (non-hydrogen) atoms. The average Bonchev–Trinajstić information content (AvgIpc) is 1.64. The molecule has 0 unspecified atom stereocenters. The minimum absolute atomic E-state index is 0.563. The summed E-state index contributed by atoms with van der Waals surface area (Å²) >= 11 is 0. The standard InChI is InChI=1S/C84H59N9Si2/c1-7-30-60(31-8-1)94(61-32-9-2-10-33-61,62-34-11-3-12-35-62)66-50-52-76-78(55-66)90-74-48-25-21-44-70(74)85-83(90)92(76)80-57-81(88-82(87-80)58-28-27-29-59(54-58)89-72-46-23-19-42-68(72)69-43-20-24-47-73(69)89)93-77-53-51-67(56-79(77)91-75-49-26-22-45-71(75)86-84(91)93)95(63-36-13-4-14-37-63,64-38-15-5-16-39-64)65-40-17-6-18-41-65/h1-25,27-48,50-57H,26,49H2. The van der Waals surface area contributed by atoms with E-state index in [-0.39, 0.29) is 0 Å². The number of aryl methyl sites for hydroxylation is 1. The number of rotatable bonds is 12. The molecule has 12 aromatic carbocycles. The van der Waals surface area contributed by atoms with E-state index in [0.717, 1.165) is 85.5 Å². The zero-order chi connectivity index (χ0) is 62.6. The Balaban J connectivity index is 0.906. The fourth-order valence-corrected chi connectivity index (χ4v) is 25.4. The van der Waals surface area contributed by atoms with E-state index < -0.39 is 16.1 Å². The van der Waals surface area contributed by atoms with E-state index in [0.29, 0.717) is 17.5 Å². The van der Waals surface area contributed by atoms with Crippen LogP contribution in [0.3, 0.4) is 0 Å². The van der Waals surface area contributed by atoms with Crippen molar-refractivity contribution in [2.45, 2.75) is 12.8 Å². The summed E-state index contributed by atoms with van der Waals surface area (Å²) in [7, 11) is -5.99. The number of allylic oxidation sites excluding steroid dienone is 1. The molecule has 0 N–H and O–H groups in total. The largest absolute Gasteiger partial charge is 0.309 e. The molecule has 0 bridgehead atoms. The van der Waals surface area contributed by atoms with Crippen molar-refractivity contribution in [1.82, 2.24) is 42.4 Å². The smallest absolute Gasteiger partial charge is 0.221 e. The topological polar surface area (TPSA) is 75.2 Å². The van der Waals surface area contributed by atoms with Gasteiger partial charge < -0.3 is 4.57 Å². The summed E-state index contributed by atoms with van der Waals surface area (Å²) < 4.78 is 11.7. The Bertz CT molecular complexity index is 5790. The van der Waals surface area contributed by atoms with Crippen molar-refractivity contribution in [3.8, 4) is 28.7 Å². The van der Waals surface area contributed by atoms with Crippen LogP contribution in [0.1, 0.15) is 17.8 Å². The molecule has 6 aromatic heterocycles. The lowest BCUT2D eigenvalue weighted by Crippen LogP contribution is -2.74. The van der Waals surface area contributed by atoms with Crippen LogP contribution in [-0.4, -0.2) is 58.6 Å². The molecule has 0 fully saturated rings. The van der Waals surface area contributed by atoms with E-state index in [4.69, 9.17) is 19.9 Å². The Morgan fingerprint density at radius 3 is 1.22 bits per heavy atom. The van der Waals surface area contributed by atoms with Gasteiger partial charge >= 0.3 is 0 Å². The Labute approximate surface area is 549 Å². The molecule has 0 spiro atoms. The van der Waals surface area contributed by atoms with Crippen LogP contribution in [0.4, 0.5) is 0 Å². The fourth-order valence-electron chi connectivity index (χ4n) is 15.9. The first-order valence-electron chi connectivity index (χ1n) is 32.6. The first-order valence-corrected chi connectivity index (χ1v) is 36.6. The van der Waals surface area contributed by atoms with Crippen molar-refractivity contribution in [2.24, 2.45) is 0 Å². The van der Waals surface area contributed by atoms with Crippen LogP contribution in [0.2, 0.25) is 0 Å². The van der Waals surface area contributed by atoms with E-state index in [9.17, 15) is 0 Å². The number of nitrogens with zero attached hydrogens (tertiary/aromatic N) is 9. The van der Waals surface area contributed by atoms with E-state index in [2.05, 4.69) is 356 Å². The number of fused-ring (bicyclic) bond motifs is 13. The van der Waals surface area contributed by atoms with Gasteiger partial charge in [0.15, 0.2) is 22.0 Å². The first kappa shape index (κ1) is 54.7. The third-order valence-electron chi connectivity index (χ3n) is 19.9. The van der Waals surface area contributed by atoms with Gasteiger partial charge in [-0.25, -0.2) is 19.9 Å². The van der Waals surface area contributed by atoms with Crippen molar-refractivity contribution in [1.29, 1.82) is 0 Å². The summed E-state index contributed by atoms with van der Waals surface area (Å²) in [6.45, 7) is 0. The lowest BCUT2D eigenvalue weighted by Gasteiger charge is -2.34. The molecule has 448 valence electrons. The van der Waals surface area contributed by atoms with Gasteiger partial charge in [0.25, 0.3) is 0 Å². The second-order valence-corrected chi connectivity index (χ2v) is 32.5. The Kier molecular flexibility index (Phi) is 12.6. The Morgan fingerprint density at radius 1 is 0.295 bits per heavy atom. The van der Waals surface area contributed by atoms with Gasteiger partial charge in [-0.05, 0) is 121 Å². The highest BCUT2D eigenvalue weighted by Gasteiger charge is 2.44. The lowest BCUT2D eigenvalue weighted by atomic mass is 10.1. The monoisotopic (exact) mass is 1250 g/mol. The third-order valence-corrected chi connectivity index (χ3v) is 29.4. The summed E-state index contributed by atoms with van der Waals surface area (Å²) in [4.78, 5) is 22.9. The molecule has 18 aromatic rings. The van der Waals surface area contributed by atoms with Gasteiger partial charge in [0.2, 0.25) is 11.6 Å². The highest BCUT2D eigenvalue weighted by atomic mass is 28.3. The molecule has 0 atom stereocenters. The maximum absolute atomic E-state index is 5.82. The van der Waals surface area contributed by atoms with Gasteiger partial charge in [0, 0.05) is 28.1 Å². The zero-order valence-corrected chi connectivity index (χ0v) is 53.7. The van der Waals surface area contributed by atoms with Gasteiger partial charge in [-0.3, -0.25) is 17.9 Å². The van der Waals surface area contributed by atoms with Crippen LogP contribution < -0.4 is 41.5 Å². The highest BCUT2D eigenvalue weighted by molar-refractivity contribution is 7.20. The number of benzene rings is 12. The zero-order valence-electron chi connectivity index (χ0n) is 51.7. The summed E-state index contributed by atoms with van der Waals surface area (Å²) in [5.74, 6) is 3.45. The number of hydrogen-bond donors (Lipinski definition) is 0. The van der Waals surface area contributed by atoms with Crippen molar-refractivity contribution in [2.75, 3.05) is 0 Å². The fraction of sp³-hybridized carbons (Fsp3) is 0.0238. The number of hydrogen-bond acceptors (Lipinski definition) is 4.